The Morgan fingerprint density at radius 2 is 1.60 bits per heavy atom. The molecule has 0 saturated carbocycles. The number of nitrogens with one attached hydrogen (secondary N) is 1. The number of anilines is 1. The van der Waals surface area contributed by atoms with Crippen molar-refractivity contribution in [2.24, 2.45) is 0 Å². The Morgan fingerprint density at radius 1 is 0.886 bits per heavy atom. The van der Waals surface area contributed by atoms with Gasteiger partial charge < -0.3 is 19.7 Å². The molecule has 0 aromatic heterocycles. The average molecular weight is 475 g/mol. The Kier molecular flexibility index (Phi) is 9.01. The van der Waals surface area contributed by atoms with Gasteiger partial charge in [0.2, 0.25) is 0 Å². The fourth-order valence-electron chi connectivity index (χ4n) is 3.52. The Hall–Kier alpha value is -4.13. The lowest BCUT2D eigenvalue weighted by atomic mass is 10.1. The Morgan fingerprint density at radius 3 is 2.29 bits per heavy atom. The summed E-state index contributed by atoms with van der Waals surface area (Å²) in [6.45, 7) is 6.95. The molecule has 0 saturated heterocycles. The van der Waals surface area contributed by atoms with Crippen LogP contribution in [0, 0.1) is 6.92 Å². The second-order valence-corrected chi connectivity index (χ2v) is 7.95. The zero-order chi connectivity index (χ0) is 25.2. The topological polar surface area (TPSA) is 84.9 Å². The zero-order valence-electron chi connectivity index (χ0n) is 20.2. The van der Waals surface area contributed by atoms with Crippen LogP contribution in [0.5, 0.6) is 5.75 Å². The third-order valence-electron chi connectivity index (χ3n) is 5.38. The van der Waals surface area contributed by atoms with E-state index in [4.69, 9.17) is 9.47 Å². The van der Waals surface area contributed by atoms with Gasteiger partial charge in [-0.25, -0.2) is 4.79 Å². The number of benzene rings is 3. The van der Waals surface area contributed by atoms with E-state index in [1.165, 1.54) is 0 Å². The van der Waals surface area contributed by atoms with Crippen LogP contribution in [-0.2, 0) is 16.1 Å². The van der Waals surface area contributed by atoms with Crippen LogP contribution in [0.15, 0.2) is 72.8 Å². The summed E-state index contributed by atoms with van der Waals surface area (Å²) in [7, 11) is 0. The van der Waals surface area contributed by atoms with Crippen molar-refractivity contribution in [3.05, 3.63) is 95.1 Å². The molecule has 0 unspecified atom stereocenters. The highest BCUT2D eigenvalue weighted by molar-refractivity contribution is 5.98. The fourth-order valence-corrected chi connectivity index (χ4v) is 3.52. The van der Waals surface area contributed by atoms with E-state index in [9.17, 15) is 14.4 Å². The highest BCUT2D eigenvalue weighted by atomic mass is 16.5. The number of carbonyl (C=O) groups excluding carboxylic acids is 3. The molecule has 7 nitrogen and oxygen atoms in total. The van der Waals surface area contributed by atoms with E-state index in [2.05, 4.69) is 5.32 Å². The maximum Gasteiger partial charge on any atom is 0.342 e. The van der Waals surface area contributed by atoms with E-state index < -0.39 is 18.5 Å². The lowest BCUT2D eigenvalue weighted by Gasteiger charge is -2.18. The van der Waals surface area contributed by atoms with Crippen molar-refractivity contribution in [1.29, 1.82) is 0 Å². The van der Waals surface area contributed by atoms with Crippen molar-refractivity contribution in [2.75, 3.05) is 25.0 Å². The minimum atomic E-state index is -0.653. The van der Waals surface area contributed by atoms with E-state index in [0.29, 0.717) is 36.7 Å². The predicted molar refractivity (Wildman–Crippen MR) is 135 cm³/mol. The Bertz CT molecular complexity index is 1170. The van der Waals surface area contributed by atoms with Crippen molar-refractivity contribution in [2.45, 2.75) is 27.4 Å². The van der Waals surface area contributed by atoms with Crippen molar-refractivity contribution in [1.82, 2.24) is 4.90 Å². The minimum Gasteiger partial charge on any atom is -0.488 e. The van der Waals surface area contributed by atoms with E-state index >= 15 is 0 Å². The Labute approximate surface area is 205 Å². The third-order valence-corrected chi connectivity index (χ3v) is 5.38. The van der Waals surface area contributed by atoms with E-state index in [1.54, 1.807) is 53.4 Å². The van der Waals surface area contributed by atoms with Gasteiger partial charge in [-0.3, -0.25) is 9.59 Å². The molecule has 0 radical (unpaired) electrons. The van der Waals surface area contributed by atoms with Crippen LogP contribution in [0.3, 0.4) is 0 Å². The molecule has 35 heavy (non-hydrogen) atoms. The molecule has 0 fully saturated rings. The maximum atomic E-state index is 12.6. The van der Waals surface area contributed by atoms with Crippen LogP contribution in [-0.4, -0.2) is 42.4 Å². The van der Waals surface area contributed by atoms with E-state index in [0.717, 1.165) is 11.1 Å². The first-order valence-corrected chi connectivity index (χ1v) is 11.5. The summed E-state index contributed by atoms with van der Waals surface area (Å²) < 4.78 is 11.0. The molecule has 0 spiro atoms. The molecule has 3 aromatic carbocycles. The van der Waals surface area contributed by atoms with Crippen LogP contribution in [0.4, 0.5) is 5.69 Å². The van der Waals surface area contributed by atoms with Crippen molar-refractivity contribution in [3.8, 4) is 5.75 Å². The van der Waals surface area contributed by atoms with Gasteiger partial charge in [0.25, 0.3) is 11.8 Å². The smallest absolute Gasteiger partial charge is 0.342 e. The molecule has 0 bridgehead atoms. The summed E-state index contributed by atoms with van der Waals surface area (Å²) in [4.78, 5) is 39.0. The average Bonchev–Trinajstić information content (AvgIpc) is 2.87. The summed E-state index contributed by atoms with van der Waals surface area (Å²) in [5.41, 5.74) is 3.39. The number of para-hydroxylation sites is 1. The van der Waals surface area contributed by atoms with Crippen LogP contribution >= 0.6 is 0 Å². The highest BCUT2D eigenvalue weighted by Crippen LogP contribution is 2.21. The molecule has 3 rings (SSSR count). The monoisotopic (exact) mass is 474 g/mol. The van der Waals surface area contributed by atoms with Crippen LogP contribution in [0.1, 0.15) is 45.7 Å². The number of nitrogens with zero attached hydrogens (tertiary/aromatic N) is 1. The number of hydrogen-bond donors (Lipinski definition) is 1. The predicted octanol–water partition coefficient (Wildman–Crippen LogP) is 4.85. The molecule has 0 aliphatic rings. The molecule has 0 atom stereocenters. The molecular formula is C28H30N2O5. The zero-order valence-corrected chi connectivity index (χ0v) is 20.2. The van der Waals surface area contributed by atoms with Crippen LogP contribution < -0.4 is 10.1 Å². The number of amides is 2. The second-order valence-electron chi connectivity index (χ2n) is 7.95. The SMILES string of the molecule is CCN(CC)C(=O)c1ccc(NC(=O)COC(=O)c2ccccc2OCc2cccc(C)c2)cc1. The van der Waals surface area contributed by atoms with Crippen molar-refractivity contribution in [3.63, 3.8) is 0 Å². The number of ether oxygens (including phenoxy) is 2. The quantitative estimate of drug-likeness (QED) is 0.425. The molecule has 182 valence electrons. The lowest BCUT2D eigenvalue weighted by Crippen LogP contribution is -2.30. The van der Waals surface area contributed by atoms with Gasteiger partial charge in [0.15, 0.2) is 6.61 Å². The van der Waals surface area contributed by atoms with Gasteiger partial charge in [-0.15, -0.1) is 0 Å². The summed E-state index contributed by atoms with van der Waals surface area (Å²) in [5.74, 6) is -0.822. The number of esters is 1. The van der Waals surface area contributed by atoms with Gasteiger partial charge in [0.05, 0.1) is 0 Å². The third kappa shape index (κ3) is 7.17. The Balaban J connectivity index is 1.54. The molecule has 3 aromatic rings. The molecular weight excluding hydrogens is 444 g/mol. The van der Waals surface area contributed by atoms with Crippen molar-refractivity contribution < 1.29 is 23.9 Å². The minimum absolute atomic E-state index is 0.0647. The maximum absolute atomic E-state index is 12.6. The van der Waals surface area contributed by atoms with Crippen LogP contribution in [0.25, 0.3) is 0 Å². The first kappa shape index (κ1) is 25.5. The number of hydrogen-bond acceptors (Lipinski definition) is 5. The standard InChI is InChI=1S/C28H30N2O5/c1-4-30(5-2)27(32)22-13-15-23(16-14-22)29-26(31)19-35-28(33)24-11-6-7-12-25(24)34-18-21-10-8-9-20(3)17-21/h6-17H,4-5,18-19H2,1-3H3,(H,29,31). The molecule has 0 heterocycles. The van der Waals surface area contributed by atoms with Gasteiger partial charge in [-0.05, 0) is 62.7 Å². The molecule has 1 N–H and O–H groups in total. The van der Waals surface area contributed by atoms with Crippen molar-refractivity contribution >= 4 is 23.5 Å². The summed E-state index contributed by atoms with van der Waals surface area (Å²) in [6.07, 6.45) is 0. The molecule has 2 amide bonds. The molecule has 0 aliphatic carbocycles. The van der Waals surface area contributed by atoms with Gasteiger partial charge in [-0.1, -0.05) is 42.0 Å². The number of rotatable bonds is 10. The number of aryl methyl sites for hydroxylation is 1. The summed E-state index contributed by atoms with van der Waals surface area (Å²) in [6, 6.07) is 21.3. The summed E-state index contributed by atoms with van der Waals surface area (Å²) in [5, 5.41) is 2.67. The van der Waals surface area contributed by atoms with E-state index in [1.807, 2.05) is 45.0 Å². The number of carbonyl (C=O) groups is 3. The largest absolute Gasteiger partial charge is 0.488 e. The van der Waals surface area contributed by atoms with Gasteiger partial charge in [0, 0.05) is 24.3 Å². The normalized spacial score (nSPS) is 10.4. The van der Waals surface area contributed by atoms with Gasteiger partial charge >= 0.3 is 5.97 Å². The van der Waals surface area contributed by atoms with Crippen LogP contribution in [0.2, 0.25) is 0 Å². The highest BCUT2D eigenvalue weighted by Gasteiger charge is 2.16. The van der Waals surface area contributed by atoms with E-state index in [-0.39, 0.29) is 11.5 Å². The fraction of sp³-hybridized carbons (Fsp3) is 0.250. The lowest BCUT2D eigenvalue weighted by molar-refractivity contribution is -0.119. The second kappa shape index (κ2) is 12.4. The molecule has 0 aliphatic heterocycles. The van der Waals surface area contributed by atoms with Gasteiger partial charge in [0.1, 0.15) is 17.9 Å². The van der Waals surface area contributed by atoms with Gasteiger partial charge in [-0.2, -0.15) is 0 Å². The molecule has 7 heteroatoms. The summed E-state index contributed by atoms with van der Waals surface area (Å²) >= 11 is 0. The first-order valence-electron chi connectivity index (χ1n) is 11.5. The first-order chi connectivity index (χ1) is 16.9.